The van der Waals surface area contributed by atoms with Gasteiger partial charge in [-0.05, 0) is 54.4 Å². The minimum atomic E-state index is -0.668. The van der Waals surface area contributed by atoms with Crippen molar-refractivity contribution in [2.45, 2.75) is 49.7 Å². The SMILES string of the molecule is C[C@@H]1CCCC[C@@H]1NC(=O)NC(=O)COC(=O)COc1ccc(C2SCCCS2)cc1. The molecule has 1 aromatic carbocycles. The molecule has 1 aliphatic heterocycles. The van der Waals surface area contributed by atoms with Crippen LogP contribution < -0.4 is 15.4 Å². The first kappa shape index (κ1) is 23.8. The lowest BCUT2D eigenvalue weighted by Crippen LogP contribution is -2.48. The van der Waals surface area contributed by atoms with Crippen LogP contribution in [-0.4, -0.2) is 48.7 Å². The number of urea groups is 1. The minimum Gasteiger partial charge on any atom is -0.482 e. The average Bonchev–Trinajstić information content (AvgIpc) is 2.79. The highest BCUT2D eigenvalue weighted by Gasteiger charge is 2.23. The van der Waals surface area contributed by atoms with Gasteiger partial charge >= 0.3 is 12.0 Å². The van der Waals surface area contributed by atoms with Crippen LogP contribution in [0.15, 0.2) is 24.3 Å². The van der Waals surface area contributed by atoms with Crippen molar-refractivity contribution in [1.82, 2.24) is 10.6 Å². The molecule has 1 aliphatic carbocycles. The first-order valence-corrected chi connectivity index (χ1v) is 12.8. The summed E-state index contributed by atoms with van der Waals surface area (Å²) in [5.74, 6) is 1.98. The maximum atomic E-state index is 12.0. The molecule has 0 radical (unpaired) electrons. The number of thioether (sulfide) groups is 2. The third-order valence-electron chi connectivity index (χ3n) is 5.38. The van der Waals surface area contributed by atoms with Crippen LogP contribution in [0.1, 0.15) is 49.2 Å². The van der Waals surface area contributed by atoms with E-state index < -0.39 is 24.5 Å². The summed E-state index contributed by atoms with van der Waals surface area (Å²) >= 11 is 3.89. The van der Waals surface area contributed by atoms with Crippen LogP contribution in [0, 0.1) is 5.92 Å². The Bertz CT molecular complexity index is 753. The van der Waals surface area contributed by atoms with Crippen molar-refractivity contribution in [1.29, 1.82) is 0 Å². The van der Waals surface area contributed by atoms with Crippen LogP contribution in [0.5, 0.6) is 5.75 Å². The van der Waals surface area contributed by atoms with Gasteiger partial charge in [-0.15, -0.1) is 23.5 Å². The zero-order valence-corrected chi connectivity index (χ0v) is 19.4. The molecule has 1 saturated heterocycles. The Morgan fingerprint density at radius 3 is 2.42 bits per heavy atom. The van der Waals surface area contributed by atoms with E-state index in [2.05, 4.69) is 17.6 Å². The van der Waals surface area contributed by atoms with Crippen LogP contribution in [-0.2, 0) is 14.3 Å². The van der Waals surface area contributed by atoms with Crippen molar-refractivity contribution >= 4 is 41.4 Å². The number of nitrogens with one attached hydrogen (secondary N) is 2. The van der Waals surface area contributed by atoms with Gasteiger partial charge in [0.25, 0.3) is 5.91 Å². The molecule has 3 rings (SSSR count). The highest BCUT2D eigenvalue weighted by Crippen LogP contribution is 2.43. The standard InChI is InChI=1S/C22H30N2O5S2/c1-15-5-2-3-6-18(15)23-22(27)24-19(25)13-29-20(26)14-28-17-9-7-16(8-10-17)21-30-11-4-12-31-21/h7-10,15,18,21H,2-6,11-14H2,1H3,(H2,23,24,25,27)/t15-,18+/m1/s1. The Labute approximate surface area is 191 Å². The van der Waals surface area contributed by atoms with E-state index in [0.29, 0.717) is 16.2 Å². The molecule has 9 heteroatoms. The van der Waals surface area contributed by atoms with Crippen LogP contribution >= 0.6 is 23.5 Å². The van der Waals surface area contributed by atoms with Gasteiger partial charge in [-0.3, -0.25) is 10.1 Å². The largest absolute Gasteiger partial charge is 0.482 e. The second-order valence-electron chi connectivity index (χ2n) is 7.84. The van der Waals surface area contributed by atoms with Crippen LogP contribution in [0.3, 0.4) is 0 Å². The van der Waals surface area contributed by atoms with Gasteiger partial charge in [0, 0.05) is 6.04 Å². The molecule has 1 saturated carbocycles. The van der Waals surface area contributed by atoms with Gasteiger partial charge in [0.1, 0.15) is 5.75 Å². The summed E-state index contributed by atoms with van der Waals surface area (Å²) in [5.41, 5.74) is 1.24. The summed E-state index contributed by atoms with van der Waals surface area (Å²) in [4.78, 5) is 35.6. The van der Waals surface area contributed by atoms with Gasteiger partial charge in [-0.1, -0.05) is 31.9 Å². The smallest absolute Gasteiger partial charge is 0.344 e. The molecule has 7 nitrogen and oxygen atoms in total. The molecule has 1 heterocycles. The number of carbonyl (C=O) groups excluding carboxylic acids is 3. The molecule has 31 heavy (non-hydrogen) atoms. The first-order chi connectivity index (χ1) is 15.0. The van der Waals surface area contributed by atoms with Crippen LogP contribution in [0.25, 0.3) is 0 Å². The number of ether oxygens (including phenoxy) is 2. The number of rotatable bonds is 7. The fourth-order valence-corrected chi connectivity index (χ4v) is 6.52. The van der Waals surface area contributed by atoms with Gasteiger partial charge in [-0.2, -0.15) is 0 Å². The number of amides is 3. The van der Waals surface area contributed by atoms with Crippen molar-refractivity contribution in [3.63, 3.8) is 0 Å². The molecule has 0 spiro atoms. The molecule has 0 bridgehead atoms. The van der Waals surface area contributed by atoms with E-state index in [0.717, 1.165) is 19.3 Å². The maximum Gasteiger partial charge on any atom is 0.344 e. The predicted octanol–water partition coefficient (Wildman–Crippen LogP) is 3.88. The van der Waals surface area contributed by atoms with Gasteiger partial charge < -0.3 is 14.8 Å². The summed E-state index contributed by atoms with van der Waals surface area (Å²) in [6, 6.07) is 7.21. The van der Waals surface area contributed by atoms with Crippen molar-refractivity contribution in [3.8, 4) is 5.75 Å². The number of hydrogen-bond acceptors (Lipinski definition) is 7. The van der Waals surface area contributed by atoms with Gasteiger partial charge in [0.05, 0.1) is 4.58 Å². The molecule has 2 atom stereocenters. The molecule has 0 aromatic heterocycles. The molecule has 2 aliphatic rings. The lowest BCUT2D eigenvalue weighted by Gasteiger charge is -2.29. The fraction of sp³-hybridized carbons (Fsp3) is 0.591. The number of benzene rings is 1. The van der Waals surface area contributed by atoms with Crippen molar-refractivity contribution in [3.05, 3.63) is 29.8 Å². The normalized spacial score (nSPS) is 21.7. The molecule has 0 unspecified atom stereocenters. The van der Waals surface area contributed by atoms with E-state index in [9.17, 15) is 14.4 Å². The summed E-state index contributed by atoms with van der Waals surface area (Å²) in [5, 5.41) is 5.03. The lowest BCUT2D eigenvalue weighted by atomic mass is 9.86. The number of hydrogen-bond donors (Lipinski definition) is 2. The summed E-state index contributed by atoms with van der Waals surface area (Å²) in [6.45, 7) is 1.27. The molecule has 2 N–H and O–H groups in total. The Kier molecular flexibility index (Phi) is 9.39. The third-order valence-corrected chi connectivity index (χ3v) is 8.40. The van der Waals surface area contributed by atoms with Gasteiger partial charge in [0.15, 0.2) is 13.2 Å². The summed E-state index contributed by atoms with van der Waals surface area (Å²) in [6.07, 6.45) is 5.46. The second-order valence-corrected chi connectivity index (χ2v) is 10.6. The Hall–Kier alpha value is -1.87. The highest BCUT2D eigenvalue weighted by atomic mass is 32.2. The Morgan fingerprint density at radius 1 is 1.00 bits per heavy atom. The maximum absolute atomic E-state index is 12.0. The molecule has 2 fully saturated rings. The van der Waals surface area contributed by atoms with Crippen molar-refractivity contribution in [2.75, 3.05) is 24.7 Å². The number of imide groups is 1. The monoisotopic (exact) mass is 466 g/mol. The zero-order chi connectivity index (χ0) is 22.1. The average molecular weight is 467 g/mol. The number of carbonyl (C=O) groups is 3. The van der Waals surface area contributed by atoms with Gasteiger partial charge in [-0.25, -0.2) is 9.59 Å². The summed E-state index contributed by atoms with van der Waals surface area (Å²) < 4.78 is 10.8. The van der Waals surface area contributed by atoms with Crippen molar-refractivity contribution < 1.29 is 23.9 Å². The Balaban J connectivity index is 1.32. The topological polar surface area (TPSA) is 93.7 Å². The molecule has 170 valence electrons. The van der Waals surface area contributed by atoms with E-state index in [1.165, 1.54) is 29.9 Å². The zero-order valence-electron chi connectivity index (χ0n) is 17.8. The van der Waals surface area contributed by atoms with Crippen LogP contribution in [0.4, 0.5) is 4.79 Å². The third kappa shape index (κ3) is 7.96. The Morgan fingerprint density at radius 2 is 1.71 bits per heavy atom. The molecule has 1 aromatic rings. The van der Waals surface area contributed by atoms with E-state index in [1.54, 1.807) is 0 Å². The van der Waals surface area contributed by atoms with E-state index in [1.807, 2.05) is 47.8 Å². The quantitative estimate of drug-likeness (QED) is 0.589. The van der Waals surface area contributed by atoms with Crippen LogP contribution in [0.2, 0.25) is 0 Å². The summed E-state index contributed by atoms with van der Waals surface area (Å²) in [7, 11) is 0. The van der Waals surface area contributed by atoms with Gasteiger partial charge in [0.2, 0.25) is 0 Å². The molecule has 3 amide bonds. The lowest BCUT2D eigenvalue weighted by molar-refractivity contribution is -0.150. The van der Waals surface area contributed by atoms with E-state index in [-0.39, 0.29) is 12.6 Å². The predicted molar refractivity (Wildman–Crippen MR) is 123 cm³/mol. The fourth-order valence-electron chi connectivity index (χ4n) is 3.63. The molecular weight excluding hydrogens is 436 g/mol. The minimum absolute atomic E-state index is 0.0687. The first-order valence-electron chi connectivity index (χ1n) is 10.7. The van der Waals surface area contributed by atoms with Crippen molar-refractivity contribution in [2.24, 2.45) is 5.92 Å². The molecular formula is C22H30N2O5S2. The second kappa shape index (κ2) is 12.2. The van der Waals surface area contributed by atoms with E-state index >= 15 is 0 Å². The highest BCUT2D eigenvalue weighted by molar-refractivity contribution is 8.16. The number of esters is 1. The van der Waals surface area contributed by atoms with E-state index in [4.69, 9.17) is 9.47 Å².